The van der Waals surface area contributed by atoms with Crippen molar-refractivity contribution in [3.05, 3.63) is 41.9 Å². The van der Waals surface area contributed by atoms with Gasteiger partial charge in [0.1, 0.15) is 6.61 Å². The van der Waals surface area contributed by atoms with E-state index in [9.17, 15) is 4.39 Å². The number of allylic oxidation sites excluding steroid dienone is 2. The van der Waals surface area contributed by atoms with Crippen LogP contribution in [0.3, 0.4) is 0 Å². The molecule has 0 N–H and O–H groups in total. The number of hydrogen-bond donors (Lipinski definition) is 0. The summed E-state index contributed by atoms with van der Waals surface area (Å²) < 4.78 is 24.5. The van der Waals surface area contributed by atoms with Gasteiger partial charge in [0, 0.05) is 5.56 Å². The van der Waals surface area contributed by atoms with Gasteiger partial charge in [0.05, 0.1) is 7.11 Å². The fraction of sp³-hybridized carbons (Fsp3) is 0.591. The quantitative estimate of drug-likeness (QED) is 0.487. The summed E-state index contributed by atoms with van der Waals surface area (Å²) in [6.07, 6.45) is 13.2. The van der Waals surface area contributed by atoms with Crippen LogP contribution in [0.1, 0.15) is 50.5 Å². The summed E-state index contributed by atoms with van der Waals surface area (Å²) >= 11 is 0. The van der Waals surface area contributed by atoms with Gasteiger partial charge in [-0.1, -0.05) is 12.2 Å². The van der Waals surface area contributed by atoms with E-state index in [0.29, 0.717) is 12.5 Å². The van der Waals surface area contributed by atoms with Crippen molar-refractivity contribution in [3.63, 3.8) is 0 Å². The summed E-state index contributed by atoms with van der Waals surface area (Å²) in [5, 5.41) is 0. The van der Waals surface area contributed by atoms with Crippen molar-refractivity contribution in [1.82, 2.24) is 4.98 Å². The van der Waals surface area contributed by atoms with E-state index in [1.165, 1.54) is 44.8 Å². The van der Waals surface area contributed by atoms with E-state index in [1.807, 2.05) is 6.92 Å². The van der Waals surface area contributed by atoms with Gasteiger partial charge in [0.25, 0.3) is 5.95 Å². The van der Waals surface area contributed by atoms with Crippen LogP contribution in [0.4, 0.5) is 4.39 Å². The van der Waals surface area contributed by atoms with Gasteiger partial charge in [0.15, 0.2) is 5.75 Å². The second-order valence-electron chi connectivity index (χ2n) is 7.70. The molecule has 0 spiro atoms. The van der Waals surface area contributed by atoms with Gasteiger partial charge in [-0.15, -0.1) is 6.58 Å². The van der Waals surface area contributed by atoms with Gasteiger partial charge < -0.3 is 9.47 Å². The monoisotopic (exact) mass is 359 g/mol. The van der Waals surface area contributed by atoms with Gasteiger partial charge in [-0.05, 0) is 81.3 Å². The lowest BCUT2D eigenvalue weighted by molar-refractivity contribution is 0.206. The molecule has 0 radical (unpaired) electrons. The minimum atomic E-state index is -0.624. The van der Waals surface area contributed by atoms with Crippen LogP contribution in [0.15, 0.2) is 30.4 Å². The minimum Gasteiger partial charge on any atom is -0.492 e. The molecule has 1 unspecified atom stereocenters. The Labute approximate surface area is 156 Å². The first-order valence-corrected chi connectivity index (χ1v) is 9.75. The van der Waals surface area contributed by atoms with Crippen LogP contribution in [0.25, 0.3) is 0 Å². The molecular formula is C22H30FNO2. The zero-order valence-corrected chi connectivity index (χ0v) is 16.0. The number of ether oxygens (including phenoxy) is 2. The number of nitrogens with zero attached hydrogens (tertiary/aromatic N) is 1. The van der Waals surface area contributed by atoms with Crippen LogP contribution in [0, 0.1) is 30.6 Å². The molecule has 1 heterocycles. The molecule has 26 heavy (non-hydrogen) atoms. The molecule has 0 aromatic carbocycles. The summed E-state index contributed by atoms with van der Waals surface area (Å²) in [5.41, 5.74) is 2.09. The van der Waals surface area contributed by atoms with Gasteiger partial charge in [0.2, 0.25) is 5.88 Å². The van der Waals surface area contributed by atoms with Crippen molar-refractivity contribution in [2.75, 3.05) is 13.7 Å². The fourth-order valence-corrected chi connectivity index (χ4v) is 4.32. The van der Waals surface area contributed by atoms with Crippen LogP contribution < -0.4 is 9.47 Å². The molecule has 0 aliphatic heterocycles. The predicted molar refractivity (Wildman–Crippen MR) is 102 cm³/mol. The third kappa shape index (κ3) is 4.46. The third-order valence-corrected chi connectivity index (χ3v) is 6.06. The highest BCUT2D eigenvalue weighted by Gasteiger charge is 2.27. The van der Waals surface area contributed by atoms with Crippen LogP contribution >= 0.6 is 0 Å². The number of methoxy groups -OCH3 is 1. The fourth-order valence-electron chi connectivity index (χ4n) is 4.32. The summed E-state index contributed by atoms with van der Waals surface area (Å²) in [6.45, 7) is 6.29. The van der Waals surface area contributed by atoms with E-state index in [0.717, 1.165) is 36.2 Å². The van der Waals surface area contributed by atoms with Gasteiger partial charge in [-0.25, -0.2) is 0 Å². The van der Waals surface area contributed by atoms with Crippen LogP contribution in [-0.2, 0) is 0 Å². The Morgan fingerprint density at radius 1 is 1.23 bits per heavy atom. The van der Waals surface area contributed by atoms with E-state index in [1.54, 1.807) is 6.07 Å². The molecule has 1 saturated carbocycles. The number of rotatable bonds is 6. The van der Waals surface area contributed by atoms with Crippen molar-refractivity contribution in [1.29, 1.82) is 0 Å². The molecule has 2 aliphatic carbocycles. The molecule has 1 fully saturated rings. The summed E-state index contributed by atoms with van der Waals surface area (Å²) in [5.74, 6) is 2.29. The standard InChI is InChI=1S/C22H30FNO2/c1-4-16-5-9-18(10-6-16)19-11-7-17(8-12-19)14-26-22-15(2)13-20(25-3)21(23)24-22/h4,7,13,16,18-19H,1,5-6,8-12,14H2,2-3H3. The molecule has 1 aromatic rings. The normalized spacial score (nSPS) is 26.1. The summed E-state index contributed by atoms with van der Waals surface area (Å²) in [7, 11) is 1.44. The van der Waals surface area contributed by atoms with Crippen molar-refractivity contribution < 1.29 is 13.9 Å². The zero-order chi connectivity index (χ0) is 18.5. The minimum absolute atomic E-state index is 0.153. The lowest BCUT2D eigenvalue weighted by atomic mass is 9.71. The van der Waals surface area contributed by atoms with E-state index in [-0.39, 0.29) is 5.75 Å². The first kappa shape index (κ1) is 18.9. The highest BCUT2D eigenvalue weighted by Crippen LogP contribution is 2.39. The second-order valence-corrected chi connectivity index (χ2v) is 7.70. The highest BCUT2D eigenvalue weighted by molar-refractivity contribution is 5.33. The van der Waals surface area contributed by atoms with Crippen LogP contribution in [-0.4, -0.2) is 18.7 Å². The number of halogens is 1. The molecule has 0 saturated heterocycles. The number of aromatic nitrogens is 1. The Bertz CT molecular complexity index is 662. The van der Waals surface area contributed by atoms with Gasteiger partial charge >= 0.3 is 0 Å². The molecule has 1 atom stereocenters. The average molecular weight is 359 g/mol. The maximum Gasteiger partial charge on any atom is 0.258 e. The first-order valence-electron chi connectivity index (χ1n) is 9.75. The van der Waals surface area contributed by atoms with E-state index >= 15 is 0 Å². The van der Waals surface area contributed by atoms with Crippen LogP contribution in [0.2, 0.25) is 0 Å². The molecule has 142 valence electrons. The van der Waals surface area contributed by atoms with Crippen molar-refractivity contribution in [2.45, 2.75) is 51.9 Å². The molecule has 0 bridgehead atoms. The molecule has 0 amide bonds. The average Bonchev–Trinajstić information content (AvgIpc) is 2.69. The molecular weight excluding hydrogens is 329 g/mol. The Morgan fingerprint density at radius 3 is 2.62 bits per heavy atom. The second kappa shape index (κ2) is 8.70. The van der Waals surface area contributed by atoms with Crippen molar-refractivity contribution in [2.24, 2.45) is 17.8 Å². The van der Waals surface area contributed by atoms with E-state index < -0.39 is 5.95 Å². The Morgan fingerprint density at radius 2 is 2.00 bits per heavy atom. The van der Waals surface area contributed by atoms with Crippen LogP contribution in [0.5, 0.6) is 11.6 Å². The molecule has 3 nitrogen and oxygen atoms in total. The maximum absolute atomic E-state index is 13.8. The highest BCUT2D eigenvalue weighted by atomic mass is 19.1. The maximum atomic E-state index is 13.8. The molecule has 2 aliphatic rings. The largest absolute Gasteiger partial charge is 0.492 e. The molecule has 1 aromatic heterocycles. The van der Waals surface area contributed by atoms with E-state index in [2.05, 4.69) is 23.7 Å². The Kier molecular flexibility index (Phi) is 6.33. The number of aryl methyl sites for hydroxylation is 1. The predicted octanol–water partition coefficient (Wildman–Crippen LogP) is 5.64. The number of pyridine rings is 1. The molecule has 4 heteroatoms. The summed E-state index contributed by atoms with van der Waals surface area (Å²) in [6, 6.07) is 1.63. The third-order valence-electron chi connectivity index (χ3n) is 6.06. The van der Waals surface area contributed by atoms with Crippen molar-refractivity contribution >= 4 is 0 Å². The lowest BCUT2D eigenvalue weighted by Gasteiger charge is -2.34. The lowest BCUT2D eigenvalue weighted by Crippen LogP contribution is -2.23. The van der Waals surface area contributed by atoms with E-state index in [4.69, 9.17) is 9.47 Å². The molecule has 3 rings (SSSR count). The van der Waals surface area contributed by atoms with Crippen molar-refractivity contribution in [3.8, 4) is 11.6 Å². The topological polar surface area (TPSA) is 31.4 Å². The summed E-state index contributed by atoms with van der Waals surface area (Å²) in [4.78, 5) is 3.88. The number of hydrogen-bond acceptors (Lipinski definition) is 3. The smallest absolute Gasteiger partial charge is 0.258 e. The SMILES string of the molecule is C=CC1CCC(C2CC=C(COc3nc(F)c(OC)cc3C)CC2)CC1. The van der Waals surface area contributed by atoms with Gasteiger partial charge in [-0.2, -0.15) is 9.37 Å². The first-order chi connectivity index (χ1) is 12.6. The Hall–Kier alpha value is -1.84. The Balaban J connectivity index is 1.51. The zero-order valence-electron chi connectivity index (χ0n) is 16.0. The van der Waals surface area contributed by atoms with Gasteiger partial charge in [-0.3, -0.25) is 0 Å².